The number of hydrogen-bond donors (Lipinski definition) is 2. The Balaban J connectivity index is 1.95. The first-order valence-corrected chi connectivity index (χ1v) is 6.48. The van der Waals surface area contributed by atoms with E-state index < -0.39 is 35.8 Å². The zero-order chi connectivity index (χ0) is 16.2. The average Bonchev–Trinajstić information content (AvgIpc) is 2.50. The molecule has 1 aliphatic heterocycles. The summed E-state index contributed by atoms with van der Waals surface area (Å²) in [5.41, 5.74) is -0.825. The molecule has 0 atom stereocenters. The fourth-order valence-corrected chi connectivity index (χ4v) is 1.74. The summed E-state index contributed by atoms with van der Waals surface area (Å²) in [5.74, 6) is -2.30. The number of nitrogens with one attached hydrogen (secondary N) is 2. The van der Waals surface area contributed by atoms with Crippen LogP contribution in [0.3, 0.4) is 0 Å². The van der Waals surface area contributed by atoms with Crippen LogP contribution in [0.15, 0.2) is 36.4 Å². The fraction of sp³-hybridized carbons (Fsp3) is 0.200. The van der Waals surface area contributed by atoms with E-state index in [0.29, 0.717) is 0 Å². The van der Waals surface area contributed by atoms with Crippen molar-refractivity contribution in [1.29, 1.82) is 0 Å². The van der Waals surface area contributed by atoms with Crippen molar-refractivity contribution in [3.8, 4) is 0 Å². The molecule has 0 bridgehead atoms. The molecule has 1 saturated heterocycles. The molecule has 0 aliphatic carbocycles. The van der Waals surface area contributed by atoms with Crippen LogP contribution in [0.2, 0.25) is 0 Å². The van der Waals surface area contributed by atoms with Crippen LogP contribution in [0.1, 0.15) is 12.5 Å². The van der Waals surface area contributed by atoms with Gasteiger partial charge in [-0.3, -0.25) is 20.2 Å². The number of hydrogen-bond acceptors (Lipinski definition) is 5. The number of barbiturate groups is 1. The molecule has 2 N–H and O–H groups in total. The highest BCUT2D eigenvalue weighted by atomic mass is 16.5. The number of ether oxygens (including phenoxy) is 1. The molecule has 0 radical (unpaired) electrons. The van der Waals surface area contributed by atoms with Crippen molar-refractivity contribution < 1.29 is 23.9 Å². The number of carbonyl (C=O) groups excluding carboxylic acids is 4. The van der Waals surface area contributed by atoms with Crippen molar-refractivity contribution >= 4 is 29.9 Å². The molecule has 7 heteroatoms. The molecule has 0 aromatic heterocycles. The van der Waals surface area contributed by atoms with Gasteiger partial charge >= 0.3 is 12.0 Å². The standard InChI is InChI=1S/C15H14N2O5/c1-15(12(19)16-14(21)17-13(15)20)9-22-11(18)8-7-10-5-3-2-4-6-10/h2-8H,9H2,1H3,(H2,16,17,19,20,21)/b8-7+. The number of urea groups is 1. The Labute approximate surface area is 126 Å². The van der Waals surface area contributed by atoms with E-state index in [4.69, 9.17) is 4.74 Å². The molecule has 2 rings (SSSR count). The highest BCUT2D eigenvalue weighted by Gasteiger charge is 2.47. The van der Waals surface area contributed by atoms with Crippen LogP contribution >= 0.6 is 0 Å². The number of rotatable bonds is 4. The van der Waals surface area contributed by atoms with E-state index in [-0.39, 0.29) is 0 Å². The lowest BCUT2D eigenvalue weighted by atomic mass is 9.88. The smallest absolute Gasteiger partial charge is 0.330 e. The summed E-state index contributed by atoms with van der Waals surface area (Å²) in [6, 6.07) is 8.21. The minimum atomic E-state index is -1.63. The summed E-state index contributed by atoms with van der Waals surface area (Å²) in [6.07, 6.45) is 2.75. The lowest BCUT2D eigenvalue weighted by Gasteiger charge is -2.29. The van der Waals surface area contributed by atoms with Crippen LogP contribution in [-0.4, -0.2) is 30.4 Å². The van der Waals surface area contributed by atoms with Gasteiger partial charge in [0.15, 0.2) is 5.41 Å². The van der Waals surface area contributed by atoms with Crippen LogP contribution in [0.25, 0.3) is 6.08 Å². The zero-order valence-corrected chi connectivity index (χ0v) is 11.8. The molecule has 114 valence electrons. The largest absolute Gasteiger partial charge is 0.461 e. The molecule has 1 heterocycles. The third kappa shape index (κ3) is 3.38. The second-order valence-electron chi connectivity index (χ2n) is 4.92. The van der Waals surface area contributed by atoms with Gasteiger partial charge in [-0.25, -0.2) is 9.59 Å². The molecule has 0 unspecified atom stereocenters. The maximum atomic E-state index is 11.7. The van der Waals surface area contributed by atoms with Gasteiger partial charge in [0.25, 0.3) is 0 Å². The average molecular weight is 302 g/mol. The number of esters is 1. The van der Waals surface area contributed by atoms with Gasteiger partial charge in [-0.2, -0.15) is 0 Å². The van der Waals surface area contributed by atoms with Crippen molar-refractivity contribution in [2.45, 2.75) is 6.92 Å². The minimum Gasteiger partial charge on any atom is -0.461 e. The maximum Gasteiger partial charge on any atom is 0.330 e. The Kier molecular flexibility index (Phi) is 4.36. The normalized spacial score (nSPS) is 17.0. The van der Waals surface area contributed by atoms with Crippen molar-refractivity contribution in [3.05, 3.63) is 42.0 Å². The first kappa shape index (κ1) is 15.4. The summed E-state index contributed by atoms with van der Waals surface area (Å²) in [5, 5.41) is 3.93. The molecule has 1 fully saturated rings. The minimum absolute atomic E-state index is 0.462. The van der Waals surface area contributed by atoms with Crippen molar-refractivity contribution in [2.24, 2.45) is 5.41 Å². The Morgan fingerprint density at radius 3 is 2.32 bits per heavy atom. The van der Waals surface area contributed by atoms with E-state index in [1.807, 2.05) is 28.8 Å². The highest BCUT2D eigenvalue weighted by Crippen LogP contribution is 2.20. The third-order valence-electron chi connectivity index (χ3n) is 3.17. The van der Waals surface area contributed by atoms with E-state index in [1.165, 1.54) is 13.0 Å². The molecule has 22 heavy (non-hydrogen) atoms. The first-order chi connectivity index (χ1) is 10.4. The first-order valence-electron chi connectivity index (χ1n) is 6.48. The zero-order valence-electron chi connectivity index (χ0n) is 11.8. The molecule has 0 spiro atoms. The van der Waals surface area contributed by atoms with Crippen LogP contribution in [0.4, 0.5) is 4.79 Å². The Hall–Kier alpha value is -2.96. The lowest BCUT2D eigenvalue weighted by Crippen LogP contribution is -2.62. The van der Waals surface area contributed by atoms with Crippen LogP contribution in [0, 0.1) is 5.41 Å². The highest BCUT2D eigenvalue weighted by molar-refractivity contribution is 6.19. The summed E-state index contributed by atoms with van der Waals surface area (Å²) in [4.78, 5) is 46.1. The number of imide groups is 2. The summed E-state index contributed by atoms with van der Waals surface area (Å²) < 4.78 is 4.92. The molecule has 1 aromatic rings. The van der Waals surface area contributed by atoms with Crippen molar-refractivity contribution in [1.82, 2.24) is 10.6 Å². The molecule has 0 saturated carbocycles. The van der Waals surface area contributed by atoms with Gasteiger partial charge in [0.05, 0.1) is 0 Å². The molecule has 4 amide bonds. The Morgan fingerprint density at radius 1 is 1.14 bits per heavy atom. The van der Waals surface area contributed by atoms with E-state index in [0.717, 1.165) is 5.56 Å². The third-order valence-corrected chi connectivity index (χ3v) is 3.17. The lowest BCUT2D eigenvalue weighted by molar-refractivity contribution is -0.152. The van der Waals surface area contributed by atoms with Crippen LogP contribution in [-0.2, 0) is 19.1 Å². The van der Waals surface area contributed by atoms with Gasteiger partial charge in [-0.15, -0.1) is 0 Å². The Morgan fingerprint density at radius 2 is 1.73 bits per heavy atom. The quantitative estimate of drug-likeness (QED) is 0.482. The van der Waals surface area contributed by atoms with E-state index in [9.17, 15) is 19.2 Å². The summed E-state index contributed by atoms with van der Waals surface area (Å²) in [7, 11) is 0. The van der Waals surface area contributed by atoms with Gasteiger partial charge in [-0.1, -0.05) is 30.3 Å². The molecule has 7 nitrogen and oxygen atoms in total. The molecular weight excluding hydrogens is 288 g/mol. The van der Waals surface area contributed by atoms with Gasteiger partial charge < -0.3 is 4.74 Å². The predicted molar refractivity (Wildman–Crippen MR) is 76.2 cm³/mol. The van der Waals surface area contributed by atoms with Crippen LogP contribution in [0.5, 0.6) is 0 Å². The SMILES string of the molecule is CC1(COC(=O)/C=C/c2ccccc2)C(=O)NC(=O)NC1=O. The number of benzene rings is 1. The van der Waals surface area contributed by atoms with E-state index >= 15 is 0 Å². The molecular formula is C15H14N2O5. The number of amides is 4. The maximum absolute atomic E-state index is 11.7. The van der Waals surface area contributed by atoms with E-state index in [1.54, 1.807) is 18.2 Å². The van der Waals surface area contributed by atoms with E-state index in [2.05, 4.69) is 0 Å². The summed E-state index contributed by atoms with van der Waals surface area (Å²) in [6.45, 7) is 0.828. The number of carbonyl (C=O) groups is 4. The Bertz CT molecular complexity index is 631. The fourth-order valence-electron chi connectivity index (χ4n) is 1.74. The molecule has 1 aromatic carbocycles. The second-order valence-corrected chi connectivity index (χ2v) is 4.92. The van der Waals surface area contributed by atoms with Crippen molar-refractivity contribution in [3.63, 3.8) is 0 Å². The summed E-state index contributed by atoms with van der Waals surface area (Å²) >= 11 is 0. The molecule has 1 aliphatic rings. The topological polar surface area (TPSA) is 102 Å². The van der Waals surface area contributed by atoms with Gasteiger partial charge in [-0.05, 0) is 18.6 Å². The predicted octanol–water partition coefficient (Wildman–Crippen LogP) is 0.615. The van der Waals surface area contributed by atoms with Crippen LogP contribution < -0.4 is 10.6 Å². The van der Waals surface area contributed by atoms with Gasteiger partial charge in [0, 0.05) is 6.08 Å². The monoisotopic (exact) mass is 302 g/mol. The second kappa shape index (κ2) is 6.21. The van der Waals surface area contributed by atoms with Crippen molar-refractivity contribution in [2.75, 3.05) is 6.61 Å². The van der Waals surface area contributed by atoms with Gasteiger partial charge in [0.2, 0.25) is 11.8 Å². The van der Waals surface area contributed by atoms with Gasteiger partial charge in [0.1, 0.15) is 6.61 Å².